The number of aliphatic hydroxyl groups is 1. The Kier molecular flexibility index (Phi) is 6.40. The molecule has 2 aliphatic carbocycles. The molecule has 2 heterocycles. The molecule has 3 atom stereocenters. The third kappa shape index (κ3) is 4.48. The van der Waals surface area contributed by atoms with Crippen LogP contribution in [0.4, 0.5) is 4.79 Å². The molecule has 0 radical (unpaired) electrons. The Bertz CT molecular complexity index is 1070. The van der Waals surface area contributed by atoms with Crippen molar-refractivity contribution in [3.63, 3.8) is 0 Å². The first-order valence-electron chi connectivity index (χ1n) is 12.6. The lowest BCUT2D eigenvalue weighted by Crippen LogP contribution is -2.69. The maximum absolute atomic E-state index is 14.1. The molecule has 194 valence electrons. The monoisotopic (exact) mass is 526 g/mol. The Morgan fingerprint density at radius 1 is 1.23 bits per heavy atom. The molecule has 0 aromatic heterocycles. The number of likely N-dealkylation sites (tertiary alicyclic amines) is 1. The molecule has 1 aromatic rings. The lowest BCUT2D eigenvalue weighted by Gasteiger charge is -2.51. The summed E-state index contributed by atoms with van der Waals surface area (Å²) >= 11 is 6.03. The van der Waals surface area contributed by atoms with E-state index in [1.54, 1.807) is 21.3 Å². The number of hydrogen-bond acceptors (Lipinski definition) is 6. The van der Waals surface area contributed by atoms with Gasteiger partial charge in [0.05, 0.1) is 41.8 Å². The molecular formula is C25H35ClN2O6S. The Hall–Kier alpha value is -1.39. The molecule has 4 aliphatic rings. The van der Waals surface area contributed by atoms with E-state index in [0.717, 1.165) is 19.3 Å². The lowest BCUT2D eigenvalue weighted by atomic mass is 9.89. The molecule has 0 spiro atoms. The molecule has 8 nitrogen and oxygen atoms in total. The first-order valence-corrected chi connectivity index (χ1v) is 14.4. The van der Waals surface area contributed by atoms with E-state index < -0.39 is 32.9 Å². The Morgan fingerprint density at radius 3 is 2.51 bits per heavy atom. The van der Waals surface area contributed by atoms with Gasteiger partial charge in [-0.25, -0.2) is 13.2 Å². The van der Waals surface area contributed by atoms with Crippen molar-refractivity contribution in [2.45, 2.75) is 86.5 Å². The smallest absolute Gasteiger partial charge is 0.410 e. The summed E-state index contributed by atoms with van der Waals surface area (Å²) in [6, 6.07) is 5.91. The van der Waals surface area contributed by atoms with Crippen molar-refractivity contribution in [3.05, 3.63) is 29.3 Å². The third-order valence-electron chi connectivity index (χ3n) is 8.27. The lowest BCUT2D eigenvalue weighted by molar-refractivity contribution is -0.125. The van der Waals surface area contributed by atoms with Crippen molar-refractivity contribution in [1.29, 1.82) is 0 Å². The normalized spacial score (nSPS) is 33.0. The molecule has 1 amide bonds. The predicted octanol–water partition coefficient (Wildman–Crippen LogP) is 3.80. The second kappa shape index (κ2) is 8.87. The number of rotatable bonds is 7. The maximum Gasteiger partial charge on any atom is 0.410 e. The summed E-state index contributed by atoms with van der Waals surface area (Å²) in [5.74, 6) is 0.228. The van der Waals surface area contributed by atoms with E-state index >= 15 is 0 Å². The van der Waals surface area contributed by atoms with Crippen molar-refractivity contribution < 1.29 is 27.8 Å². The summed E-state index contributed by atoms with van der Waals surface area (Å²) < 4.78 is 41.9. The van der Waals surface area contributed by atoms with Crippen molar-refractivity contribution >= 4 is 27.7 Å². The Balaban J connectivity index is 1.44. The van der Waals surface area contributed by atoms with Gasteiger partial charge in [0.25, 0.3) is 0 Å². The molecule has 5 rings (SSSR count). The summed E-state index contributed by atoms with van der Waals surface area (Å²) in [6.45, 7) is 5.00. The number of benzene rings is 1. The van der Waals surface area contributed by atoms with Gasteiger partial charge in [0.15, 0.2) is 0 Å². The fourth-order valence-electron chi connectivity index (χ4n) is 5.96. The summed E-state index contributed by atoms with van der Waals surface area (Å²) in [6.07, 6.45) is 4.52. The van der Waals surface area contributed by atoms with E-state index in [1.807, 2.05) is 13.8 Å². The zero-order valence-electron chi connectivity index (χ0n) is 20.4. The van der Waals surface area contributed by atoms with Crippen LogP contribution >= 0.6 is 11.6 Å². The molecule has 2 aliphatic heterocycles. The molecule has 1 N–H and O–H groups in total. The minimum absolute atomic E-state index is 0.149. The van der Waals surface area contributed by atoms with Gasteiger partial charge in [-0.15, -0.1) is 0 Å². The molecule has 1 unspecified atom stereocenters. The summed E-state index contributed by atoms with van der Waals surface area (Å²) in [7, 11) is -3.91. The molecule has 4 fully saturated rings. The van der Waals surface area contributed by atoms with Crippen molar-refractivity contribution in [3.8, 4) is 0 Å². The molecule has 2 saturated heterocycles. The molecule has 0 bridgehead atoms. The van der Waals surface area contributed by atoms with Crippen LogP contribution < -0.4 is 0 Å². The van der Waals surface area contributed by atoms with Gasteiger partial charge in [0.1, 0.15) is 5.60 Å². The number of nitrogens with zero attached hydrogens (tertiary/aromatic N) is 2. The highest BCUT2D eigenvalue weighted by molar-refractivity contribution is 7.89. The average Bonchev–Trinajstić information content (AvgIpc) is 3.73. The van der Waals surface area contributed by atoms with Crippen LogP contribution in [0.3, 0.4) is 0 Å². The van der Waals surface area contributed by atoms with Crippen LogP contribution in [-0.4, -0.2) is 77.9 Å². The summed E-state index contributed by atoms with van der Waals surface area (Å²) in [4.78, 5) is 15.0. The average molecular weight is 527 g/mol. The molecule has 2 saturated carbocycles. The maximum atomic E-state index is 14.1. The van der Waals surface area contributed by atoms with Gasteiger partial charge in [-0.05, 0) is 75.6 Å². The first kappa shape index (κ1) is 25.3. The number of carbonyl (C=O) groups excluding carboxylic acids is 1. The number of sulfonamides is 1. The van der Waals surface area contributed by atoms with Crippen LogP contribution in [0.15, 0.2) is 29.2 Å². The minimum Gasteiger partial charge on any atom is -0.441 e. The number of β-amino-alcohol motifs (C(OH)–C–C–N with tert-alkyl or cyclic N) is 1. The van der Waals surface area contributed by atoms with E-state index in [-0.39, 0.29) is 30.0 Å². The standard InChI is InChI=1S/C25H35ClN2O6S/c1-3-10-24(30)13-14-27(16-24)22(29)34-25(11-12-25)23(2)17-33-15-21(18-4-5-18)28(23)35(31,32)20-8-6-19(26)7-9-20/h6-9,18,21,30H,3-5,10-17H2,1-2H3/t21-,23-,24?/m0/s1. The van der Waals surface area contributed by atoms with Crippen LogP contribution in [0.2, 0.25) is 5.02 Å². The van der Waals surface area contributed by atoms with Crippen molar-refractivity contribution in [1.82, 2.24) is 9.21 Å². The zero-order chi connectivity index (χ0) is 25.1. The topological polar surface area (TPSA) is 96.4 Å². The van der Waals surface area contributed by atoms with E-state index in [2.05, 4.69) is 0 Å². The van der Waals surface area contributed by atoms with Gasteiger partial charge >= 0.3 is 6.09 Å². The second-order valence-corrected chi connectivity index (χ2v) is 13.2. The van der Waals surface area contributed by atoms with Crippen LogP contribution in [0, 0.1) is 5.92 Å². The third-order valence-corrected chi connectivity index (χ3v) is 10.6. The number of carbonyl (C=O) groups is 1. The largest absolute Gasteiger partial charge is 0.441 e. The highest BCUT2D eigenvalue weighted by atomic mass is 35.5. The van der Waals surface area contributed by atoms with Gasteiger partial charge < -0.3 is 19.5 Å². The van der Waals surface area contributed by atoms with E-state index in [0.29, 0.717) is 43.9 Å². The number of ether oxygens (including phenoxy) is 2. The summed E-state index contributed by atoms with van der Waals surface area (Å²) in [5.41, 5.74) is -2.90. The predicted molar refractivity (Wildman–Crippen MR) is 131 cm³/mol. The van der Waals surface area contributed by atoms with Crippen LogP contribution in [0.1, 0.15) is 58.8 Å². The fourth-order valence-corrected chi connectivity index (χ4v) is 8.13. The van der Waals surface area contributed by atoms with Crippen LogP contribution in [-0.2, 0) is 19.5 Å². The highest BCUT2D eigenvalue weighted by Gasteiger charge is 2.69. The minimum atomic E-state index is -3.91. The van der Waals surface area contributed by atoms with E-state index in [4.69, 9.17) is 21.1 Å². The molecule has 1 aromatic carbocycles. The Morgan fingerprint density at radius 2 is 1.91 bits per heavy atom. The Labute approximate surface area is 212 Å². The van der Waals surface area contributed by atoms with Gasteiger partial charge in [-0.3, -0.25) is 0 Å². The highest BCUT2D eigenvalue weighted by Crippen LogP contribution is 2.56. The SMILES string of the molecule is CCCC1(O)CCN(C(=O)OC2([C@]3(C)COC[C@@H](C4CC4)N3S(=O)(=O)c3ccc(Cl)cc3)CC2)C1. The zero-order valence-corrected chi connectivity index (χ0v) is 22.0. The molecular weight excluding hydrogens is 492 g/mol. The van der Waals surface area contributed by atoms with Gasteiger partial charge in [-0.1, -0.05) is 24.9 Å². The number of halogens is 1. The summed E-state index contributed by atoms with van der Waals surface area (Å²) in [5, 5.41) is 11.2. The molecule has 10 heteroatoms. The van der Waals surface area contributed by atoms with Crippen molar-refractivity contribution in [2.24, 2.45) is 5.92 Å². The fraction of sp³-hybridized carbons (Fsp3) is 0.720. The van der Waals surface area contributed by atoms with E-state index in [1.165, 1.54) is 12.1 Å². The quantitative estimate of drug-likeness (QED) is 0.580. The van der Waals surface area contributed by atoms with Crippen molar-refractivity contribution in [2.75, 3.05) is 26.3 Å². The van der Waals surface area contributed by atoms with Gasteiger partial charge in [0, 0.05) is 11.6 Å². The second-order valence-electron chi connectivity index (χ2n) is 11.0. The van der Waals surface area contributed by atoms with Crippen LogP contribution in [0.5, 0.6) is 0 Å². The van der Waals surface area contributed by atoms with Gasteiger partial charge in [0.2, 0.25) is 10.0 Å². The van der Waals surface area contributed by atoms with E-state index in [9.17, 15) is 18.3 Å². The molecule has 35 heavy (non-hydrogen) atoms. The van der Waals surface area contributed by atoms with Crippen LogP contribution in [0.25, 0.3) is 0 Å². The number of morpholine rings is 1. The number of hydrogen-bond donors (Lipinski definition) is 1. The first-order chi connectivity index (χ1) is 16.5. The number of amides is 1. The van der Waals surface area contributed by atoms with Gasteiger partial charge in [-0.2, -0.15) is 4.31 Å².